The number of aromatic nitrogens is 5. The van der Waals surface area contributed by atoms with Gasteiger partial charge in [0.05, 0.1) is 65.9 Å². The molecule has 0 N–H and O–H groups in total. The number of fused-ring (bicyclic) bond motifs is 3. The second-order valence-electron chi connectivity index (χ2n) is 13.0. The molecule has 8 rings (SSSR count). The van der Waals surface area contributed by atoms with Crippen molar-refractivity contribution >= 4 is 17.4 Å². The first-order chi connectivity index (χ1) is 25.1. The van der Waals surface area contributed by atoms with Gasteiger partial charge in [-0.1, -0.05) is 6.07 Å². The summed E-state index contributed by atoms with van der Waals surface area (Å²) in [6.07, 6.45) is 7.81. The van der Waals surface area contributed by atoms with Crippen LogP contribution in [-0.2, 0) is 16.0 Å². The predicted octanol–water partition coefficient (Wildman–Crippen LogP) is 3.54. The van der Waals surface area contributed by atoms with Gasteiger partial charge in [-0.2, -0.15) is 10.4 Å². The van der Waals surface area contributed by atoms with E-state index in [1.807, 2.05) is 25.7 Å². The van der Waals surface area contributed by atoms with Crippen molar-refractivity contribution in [1.82, 2.24) is 34.4 Å². The lowest BCUT2D eigenvalue weighted by Gasteiger charge is -2.56. The molecule has 0 saturated carbocycles. The Morgan fingerprint density at radius 2 is 2.00 bits per heavy atom. The lowest BCUT2D eigenvalue weighted by atomic mass is 9.87. The van der Waals surface area contributed by atoms with Gasteiger partial charge in [-0.25, -0.2) is 19.3 Å². The maximum Gasteiger partial charge on any atom is 0.410 e. The quantitative estimate of drug-likeness (QED) is 0.273. The highest BCUT2D eigenvalue weighted by atomic mass is 16.6. The highest BCUT2D eigenvalue weighted by molar-refractivity contribution is 5.83. The molecule has 4 aliphatic rings. The fourth-order valence-electron chi connectivity index (χ4n) is 6.21. The third-order valence-electron chi connectivity index (χ3n) is 8.46. The zero-order chi connectivity index (χ0) is 37.7. The number of methoxy groups -OCH3 is 1. The first kappa shape index (κ1) is 26.0. The smallest absolute Gasteiger partial charge is 0.410 e. The molecule has 0 aliphatic carbocycles. The molecule has 8 heterocycles. The number of nitrogens with zero attached hydrogens (tertiary/aromatic N) is 9. The van der Waals surface area contributed by atoms with Crippen molar-refractivity contribution in [2.45, 2.75) is 57.5 Å². The van der Waals surface area contributed by atoms with Crippen molar-refractivity contribution < 1.29 is 30.6 Å². The van der Waals surface area contributed by atoms with Crippen molar-refractivity contribution in [2.75, 3.05) is 51.3 Å². The van der Waals surface area contributed by atoms with Crippen LogP contribution in [-0.4, -0.2) is 111 Å². The first-order valence-electron chi connectivity index (χ1n) is 18.2. The van der Waals surface area contributed by atoms with E-state index >= 15 is 0 Å². The Labute approximate surface area is 285 Å². The summed E-state index contributed by atoms with van der Waals surface area (Å²) < 4.78 is 63.5. The van der Waals surface area contributed by atoms with Crippen LogP contribution in [0.25, 0.3) is 16.8 Å². The van der Waals surface area contributed by atoms with Crippen LogP contribution in [0.2, 0.25) is 0 Å². The van der Waals surface area contributed by atoms with Crippen molar-refractivity contribution in [3.8, 4) is 29.0 Å². The Bertz CT molecular complexity index is 2000. The van der Waals surface area contributed by atoms with Gasteiger partial charge in [0.25, 0.3) is 0 Å². The van der Waals surface area contributed by atoms with Crippen LogP contribution in [0, 0.1) is 11.3 Å². The van der Waals surface area contributed by atoms with Gasteiger partial charge in [-0.15, -0.1) is 0 Å². The van der Waals surface area contributed by atoms with Crippen LogP contribution in [0.15, 0.2) is 49.2 Å². The number of amides is 1. The van der Waals surface area contributed by atoms with E-state index in [2.05, 4.69) is 21.1 Å². The van der Waals surface area contributed by atoms with Crippen LogP contribution >= 0.6 is 0 Å². The molecule has 4 fully saturated rings. The normalized spacial score (nSPS) is 23.1. The summed E-state index contributed by atoms with van der Waals surface area (Å²) in [4.78, 5) is 31.6. The van der Waals surface area contributed by atoms with Crippen LogP contribution < -0.4 is 14.4 Å². The van der Waals surface area contributed by atoms with Crippen molar-refractivity contribution in [3.05, 3.63) is 60.3 Å². The average molecular weight is 659 g/mol. The van der Waals surface area contributed by atoms with Crippen LogP contribution in [0.1, 0.15) is 45.2 Å². The second kappa shape index (κ2) is 12.9. The number of morpholine rings is 1. The highest BCUT2D eigenvalue weighted by Gasteiger charge is 2.44. The molecule has 0 aromatic carbocycles. The number of piperazine rings is 1. The Morgan fingerprint density at radius 1 is 1.15 bits per heavy atom. The lowest BCUT2D eigenvalue weighted by molar-refractivity contribution is -0.0557. The molecule has 14 heteroatoms. The van der Waals surface area contributed by atoms with Crippen LogP contribution in [0.5, 0.6) is 11.6 Å². The van der Waals surface area contributed by atoms with Gasteiger partial charge >= 0.3 is 6.09 Å². The number of hydrogen-bond acceptors (Lipinski definition) is 12. The third kappa shape index (κ3) is 6.56. The number of anilines is 1. The Morgan fingerprint density at radius 3 is 2.71 bits per heavy atom. The topological polar surface area (TPSA) is 143 Å². The first-order valence-corrected chi connectivity index (χ1v) is 15.7. The summed E-state index contributed by atoms with van der Waals surface area (Å²) >= 11 is 0. The molecule has 2 bridgehead atoms. The molecule has 4 aromatic heterocycles. The predicted molar refractivity (Wildman–Crippen MR) is 175 cm³/mol. The number of carbonyl (C=O) groups excluding carboxylic acids is 1. The Hall–Kier alpha value is -5.00. The summed E-state index contributed by atoms with van der Waals surface area (Å²) in [5.74, 6) is 1.00. The Kier molecular flexibility index (Phi) is 6.99. The molecule has 14 nitrogen and oxygen atoms in total. The highest BCUT2D eigenvalue weighted by Crippen LogP contribution is 2.36. The average Bonchev–Trinajstić information content (AvgIpc) is 3.52. The molecule has 250 valence electrons. The van der Waals surface area contributed by atoms with Crippen molar-refractivity contribution in [2.24, 2.45) is 0 Å². The maximum atomic E-state index is 12.6. The molecule has 1 amide bonds. The van der Waals surface area contributed by atoms with E-state index in [4.69, 9.17) is 35.8 Å². The zero-order valence-electron chi connectivity index (χ0n) is 31.9. The minimum Gasteiger partial charge on any atom is -0.489 e. The van der Waals surface area contributed by atoms with Gasteiger partial charge in [0, 0.05) is 58.8 Å². The van der Waals surface area contributed by atoms with E-state index in [1.165, 1.54) is 24.5 Å². The molecule has 2 unspecified atom stereocenters. The Balaban J connectivity index is 1.03. The number of ether oxygens (including phenoxy) is 4. The van der Waals surface area contributed by atoms with Gasteiger partial charge in [-0.3, -0.25) is 9.88 Å². The van der Waals surface area contributed by atoms with Gasteiger partial charge in [0.15, 0.2) is 0 Å². The minimum atomic E-state index is -2.64. The number of pyridine rings is 2. The number of hydrogen-bond donors (Lipinski definition) is 0. The minimum absolute atomic E-state index is 0.0914. The van der Waals surface area contributed by atoms with E-state index in [9.17, 15) is 10.1 Å². The fraction of sp³-hybridized carbons (Fsp3) is 0.471. The molecule has 4 aromatic rings. The number of rotatable bonds is 8. The zero-order valence-corrected chi connectivity index (χ0v) is 26.9. The summed E-state index contributed by atoms with van der Waals surface area (Å²) in [7, 11) is -2.64. The number of carbonyl (C=O) groups is 1. The largest absolute Gasteiger partial charge is 0.489 e. The summed E-state index contributed by atoms with van der Waals surface area (Å²) in [5.41, 5.74) is 1.72. The van der Waals surface area contributed by atoms with Gasteiger partial charge in [-0.05, 0) is 38.8 Å². The lowest BCUT2D eigenvalue weighted by Crippen LogP contribution is -2.68. The van der Waals surface area contributed by atoms with E-state index in [1.54, 1.807) is 34.1 Å². The second-order valence-corrected chi connectivity index (χ2v) is 13.0. The van der Waals surface area contributed by atoms with Crippen molar-refractivity contribution in [3.63, 3.8) is 0 Å². The third-order valence-corrected chi connectivity index (χ3v) is 8.46. The van der Waals surface area contributed by atoms with Crippen LogP contribution in [0.4, 0.5) is 10.6 Å². The molecule has 4 saturated heterocycles. The molecule has 3 atom stereocenters. The molecular weight excluding hydrogens is 614 g/mol. The van der Waals surface area contributed by atoms with E-state index in [-0.39, 0.29) is 30.7 Å². The SMILES string of the molecule is [2H]C([2H])([2H])Oc1ccc(C([2H])([2H])N2C3CC2CN(c2cnc(-c4cc(OC[C@H]5CN(C(=O)OC(C)(C)C)CCO5)cn5ncc(C#N)c45)cn2)C3)cn1. The monoisotopic (exact) mass is 658 g/mol. The number of nitriles is 1. The molecular formula is C34H39N9O5. The maximum absolute atomic E-state index is 12.6. The molecule has 48 heavy (non-hydrogen) atoms. The molecule has 4 aliphatic heterocycles. The summed E-state index contributed by atoms with van der Waals surface area (Å²) in [6, 6.07) is 6.66. The van der Waals surface area contributed by atoms with E-state index in [0.29, 0.717) is 72.3 Å². The van der Waals surface area contributed by atoms with Gasteiger partial charge in [0.1, 0.15) is 35.9 Å². The van der Waals surface area contributed by atoms with Gasteiger partial charge < -0.3 is 28.7 Å². The molecule has 0 spiro atoms. The molecule has 0 radical (unpaired) electrons. The van der Waals surface area contributed by atoms with Crippen LogP contribution in [0.3, 0.4) is 0 Å². The summed E-state index contributed by atoms with van der Waals surface area (Å²) in [5, 5.41) is 14.2. The van der Waals surface area contributed by atoms with E-state index in [0.717, 1.165) is 6.42 Å². The number of piperidine rings is 1. The van der Waals surface area contributed by atoms with Gasteiger partial charge in [0.2, 0.25) is 5.88 Å². The standard InChI is InChI=1S/C34H39N9O5/c1-34(2,3)48-33(44)40-7-8-46-27(19-40)21-47-26-10-28(32-23(11-35)13-39-43(32)20-26)29-14-37-30(15-36-29)41-17-24-9-25(18-41)42(24)16-22-5-6-31(45-4)38-12-22/h5-6,10,12-15,20,24-25,27H,7-9,16-19,21H2,1-4H3/t24?,25?,27-/m1/s1/i4D3,16D2. The summed E-state index contributed by atoms with van der Waals surface area (Å²) in [6.45, 7) is 5.94. The van der Waals surface area contributed by atoms with Crippen molar-refractivity contribution in [1.29, 1.82) is 5.26 Å². The van der Waals surface area contributed by atoms with E-state index < -0.39 is 25.2 Å². The fourth-order valence-corrected chi connectivity index (χ4v) is 6.21.